The van der Waals surface area contributed by atoms with E-state index >= 15 is 0 Å². The highest BCUT2D eigenvalue weighted by Crippen LogP contribution is 2.29. The molecule has 2 rings (SSSR count). The molecule has 1 heterocycles. The van der Waals surface area contributed by atoms with Crippen LogP contribution in [0, 0.1) is 29.9 Å². The summed E-state index contributed by atoms with van der Waals surface area (Å²) < 4.78 is 26.6. The molecule has 18 heavy (non-hydrogen) atoms. The van der Waals surface area contributed by atoms with E-state index in [2.05, 4.69) is 4.98 Å². The van der Waals surface area contributed by atoms with Crippen LogP contribution in [0.25, 0.3) is 11.1 Å². The van der Waals surface area contributed by atoms with E-state index in [-0.39, 0.29) is 16.9 Å². The highest BCUT2D eigenvalue weighted by molar-refractivity contribution is 5.76. The Labute approximate surface area is 103 Å². The van der Waals surface area contributed by atoms with Gasteiger partial charge in [-0.05, 0) is 25.1 Å². The molecule has 0 atom stereocenters. The van der Waals surface area contributed by atoms with Gasteiger partial charge in [0.05, 0.1) is 0 Å². The van der Waals surface area contributed by atoms with Gasteiger partial charge in [-0.2, -0.15) is 5.26 Å². The van der Waals surface area contributed by atoms with E-state index in [0.29, 0.717) is 11.3 Å². The van der Waals surface area contributed by atoms with Crippen molar-refractivity contribution in [2.75, 3.05) is 5.73 Å². The molecule has 0 spiro atoms. The van der Waals surface area contributed by atoms with Crippen molar-refractivity contribution in [3.63, 3.8) is 0 Å². The minimum absolute atomic E-state index is 0.0382. The molecule has 2 N–H and O–H groups in total. The van der Waals surface area contributed by atoms with Gasteiger partial charge < -0.3 is 5.73 Å². The van der Waals surface area contributed by atoms with Crippen LogP contribution in [0.3, 0.4) is 0 Å². The van der Waals surface area contributed by atoms with E-state index in [1.807, 2.05) is 6.07 Å². The van der Waals surface area contributed by atoms with E-state index in [1.165, 1.54) is 6.07 Å². The van der Waals surface area contributed by atoms with Crippen LogP contribution >= 0.6 is 0 Å². The maximum Gasteiger partial charge on any atom is 0.142 e. The van der Waals surface area contributed by atoms with E-state index in [4.69, 9.17) is 11.0 Å². The lowest BCUT2D eigenvalue weighted by Crippen LogP contribution is -2.00. The predicted molar refractivity (Wildman–Crippen MR) is 63.5 cm³/mol. The Morgan fingerprint density at radius 3 is 2.56 bits per heavy atom. The van der Waals surface area contributed by atoms with Gasteiger partial charge in [-0.3, -0.25) is 0 Å². The first-order chi connectivity index (χ1) is 8.52. The van der Waals surface area contributed by atoms with E-state index < -0.39 is 11.6 Å². The van der Waals surface area contributed by atoms with Crippen LogP contribution < -0.4 is 5.73 Å². The molecule has 90 valence electrons. The Hall–Kier alpha value is -2.48. The van der Waals surface area contributed by atoms with Crippen molar-refractivity contribution in [1.29, 1.82) is 5.26 Å². The highest BCUT2D eigenvalue weighted by Gasteiger charge is 2.14. The minimum atomic E-state index is -0.739. The molecule has 0 unspecified atom stereocenters. The zero-order valence-electron chi connectivity index (χ0n) is 9.54. The quantitative estimate of drug-likeness (QED) is 0.840. The normalized spacial score (nSPS) is 10.1. The summed E-state index contributed by atoms with van der Waals surface area (Å²) in [4.78, 5) is 3.94. The molecule has 2 aromatic rings. The lowest BCUT2D eigenvalue weighted by atomic mass is 10.00. The second-order valence-corrected chi connectivity index (χ2v) is 3.81. The molecule has 0 fully saturated rings. The van der Waals surface area contributed by atoms with Gasteiger partial charge in [0.25, 0.3) is 0 Å². The van der Waals surface area contributed by atoms with Gasteiger partial charge in [0.1, 0.15) is 29.1 Å². The summed E-state index contributed by atoms with van der Waals surface area (Å²) in [5.74, 6) is -1.37. The average Bonchev–Trinajstić information content (AvgIpc) is 2.28. The third-order valence-corrected chi connectivity index (χ3v) is 2.51. The van der Waals surface area contributed by atoms with Gasteiger partial charge in [0.15, 0.2) is 0 Å². The van der Waals surface area contributed by atoms with Crippen LogP contribution in [0.1, 0.15) is 11.3 Å². The van der Waals surface area contributed by atoms with Crippen molar-refractivity contribution >= 4 is 5.82 Å². The molecule has 0 aliphatic carbocycles. The monoisotopic (exact) mass is 245 g/mol. The number of aryl methyl sites for hydroxylation is 1. The van der Waals surface area contributed by atoms with Gasteiger partial charge in [0.2, 0.25) is 0 Å². The first kappa shape index (κ1) is 12.0. The molecular formula is C13H9F2N3. The topological polar surface area (TPSA) is 62.7 Å². The molecule has 0 saturated carbocycles. The van der Waals surface area contributed by atoms with Crippen molar-refractivity contribution in [2.24, 2.45) is 0 Å². The summed E-state index contributed by atoms with van der Waals surface area (Å²) >= 11 is 0. The number of halogens is 2. The fraction of sp³-hybridized carbons (Fsp3) is 0.0769. The number of aromatic nitrogens is 1. The molecule has 5 heteroatoms. The maximum atomic E-state index is 13.7. The van der Waals surface area contributed by atoms with Crippen LogP contribution in [-0.2, 0) is 0 Å². The summed E-state index contributed by atoms with van der Waals surface area (Å²) in [5, 5.41) is 9.03. The molecule has 0 aliphatic heterocycles. The van der Waals surface area contributed by atoms with Crippen LogP contribution in [0.2, 0.25) is 0 Å². The second kappa shape index (κ2) is 4.41. The number of nitrogens with zero attached hydrogens (tertiary/aromatic N) is 2. The van der Waals surface area contributed by atoms with Crippen LogP contribution in [0.4, 0.5) is 14.6 Å². The Kier molecular flexibility index (Phi) is 2.94. The van der Waals surface area contributed by atoms with Crippen molar-refractivity contribution < 1.29 is 8.78 Å². The fourth-order valence-corrected chi connectivity index (χ4v) is 1.74. The van der Waals surface area contributed by atoms with Crippen LogP contribution in [0.5, 0.6) is 0 Å². The SMILES string of the molecule is Cc1cc(-c2ccc(F)cc2F)c(C#N)c(N)n1. The molecule has 0 bridgehead atoms. The smallest absolute Gasteiger partial charge is 0.142 e. The number of nitrogen functional groups attached to an aromatic ring is 1. The molecule has 3 nitrogen and oxygen atoms in total. The summed E-state index contributed by atoms with van der Waals surface area (Å²) in [7, 11) is 0. The van der Waals surface area contributed by atoms with E-state index in [9.17, 15) is 8.78 Å². The first-order valence-electron chi connectivity index (χ1n) is 5.15. The van der Waals surface area contributed by atoms with Crippen LogP contribution in [-0.4, -0.2) is 4.98 Å². The number of pyridine rings is 1. The van der Waals surface area contributed by atoms with Gasteiger partial charge in [-0.1, -0.05) is 0 Å². The van der Waals surface area contributed by atoms with E-state index in [1.54, 1.807) is 13.0 Å². The van der Waals surface area contributed by atoms with Crippen LogP contribution in [0.15, 0.2) is 24.3 Å². The van der Waals surface area contributed by atoms with Gasteiger partial charge >= 0.3 is 0 Å². The molecule has 0 radical (unpaired) electrons. The molecule has 1 aromatic carbocycles. The number of nitrogens with two attached hydrogens (primary N) is 1. The van der Waals surface area contributed by atoms with Crippen molar-refractivity contribution in [2.45, 2.75) is 6.92 Å². The zero-order chi connectivity index (χ0) is 13.3. The standard InChI is InChI=1S/C13H9F2N3/c1-7-4-10(11(6-16)13(17)18-7)9-3-2-8(14)5-12(9)15/h2-5H,1H3,(H2,17,18). The minimum Gasteiger partial charge on any atom is -0.383 e. The maximum absolute atomic E-state index is 13.7. The zero-order valence-corrected chi connectivity index (χ0v) is 9.54. The first-order valence-corrected chi connectivity index (χ1v) is 5.15. The number of rotatable bonds is 1. The Balaban J connectivity index is 2.75. The lowest BCUT2D eigenvalue weighted by Gasteiger charge is -2.08. The molecule has 0 aliphatic rings. The summed E-state index contributed by atoms with van der Waals surface area (Å²) in [6, 6.07) is 6.60. The van der Waals surface area contributed by atoms with Gasteiger partial charge in [-0.25, -0.2) is 13.8 Å². The second-order valence-electron chi connectivity index (χ2n) is 3.81. The largest absolute Gasteiger partial charge is 0.383 e. The Morgan fingerprint density at radius 2 is 1.94 bits per heavy atom. The predicted octanol–water partition coefficient (Wildman–Crippen LogP) is 2.79. The number of anilines is 1. The lowest BCUT2D eigenvalue weighted by molar-refractivity contribution is 0.585. The molecule has 1 aromatic heterocycles. The number of hydrogen-bond acceptors (Lipinski definition) is 3. The van der Waals surface area contributed by atoms with Gasteiger partial charge in [-0.15, -0.1) is 0 Å². The third-order valence-electron chi connectivity index (χ3n) is 2.51. The van der Waals surface area contributed by atoms with Gasteiger partial charge in [0, 0.05) is 22.9 Å². The average molecular weight is 245 g/mol. The van der Waals surface area contributed by atoms with Crippen molar-refractivity contribution in [1.82, 2.24) is 4.98 Å². The van der Waals surface area contributed by atoms with Crippen molar-refractivity contribution in [3.05, 3.63) is 47.2 Å². The third kappa shape index (κ3) is 2.00. The summed E-state index contributed by atoms with van der Waals surface area (Å²) in [6.45, 7) is 1.68. The summed E-state index contributed by atoms with van der Waals surface area (Å²) in [6.07, 6.45) is 0. The van der Waals surface area contributed by atoms with E-state index in [0.717, 1.165) is 12.1 Å². The number of benzene rings is 1. The Morgan fingerprint density at radius 1 is 1.22 bits per heavy atom. The summed E-state index contributed by atoms with van der Waals surface area (Å²) in [5.41, 5.74) is 6.72. The number of hydrogen-bond donors (Lipinski definition) is 1. The molecule has 0 saturated heterocycles. The highest BCUT2D eigenvalue weighted by atomic mass is 19.1. The molecule has 0 amide bonds. The Bertz CT molecular complexity index is 660. The number of nitriles is 1. The molecular weight excluding hydrogens is 236 g/mol. The fourth-order valence-electron chi connectivity index (χ4n) is 1.74. The van der Waals surface area contributed by atoms with Crippen molar-refractivity contribution in [3.8, 4) is 17.2 Å².